The fourth-order valence-electron chi connectivity index (χ4n) is 3.18. The van der Waals surface area contributed by atoms with Gasteiger partial charge in [0.15, 0.2) is 11.5 Å². The van der Waals surface area contributed by atoms with Crippen molar-refractivity contribution >= 4 is 11.9 Å². The minimum absolute atomic E-state index is 0.0363. The normalized spacial score (nSPS) is 20.8. The van der Waals surface area contributed by atoms with E-state index in [2.05, 4.69) is 11.4 Å². The van der Waals surface area contributed by atoms with Crippen LogP contribution in [0.5, 0.6) is 11.5 Å². The Balaban J connectivity index is 1.65. The molecule has 0 saturated carbocycles. The van der Waals surface area contributed by atoms with Gasteiger partial charge >= 0.3 is 6.03 Å². The Morgan fingerprint density at radius 3 is 2.77 bits per heavy atom. The lowest BCUT2D eigenvalue weighted by atomic mass is 9.91. The van der Waals surface area contributed by atoms with Gasteiger partial charge < -0.3 is 14.8 Å². The Bertz CT molecular complexity index is 965. The number of imide groups is 1. The van der Waals surface area contributed by atoms with Crippen molar-refractivity contribution in [1.82, 2.24) is 10.2 Å². The fraction of sp³-hybridized carbons (Fsp3) is 0.211. The second kappa shape index (κ2) is 5.77. The third kappa shape index (κ3) is 2.35. The summed E-state index contributed by atoms with van der Waals surface area (Å²) in [5.41, 5.74) is 0.453. The van der Waals surface area contributed by atoms with E-state index < -0.39 is 11.6 Å². The molecule has 2 aromatic rings. The summed E-state index contributed by atoms with van der Waals surface area (Å²) in [7, 11) is 0. The van der Waals surface area contributed by atoms with E-state index in [1.54, 1.807) is 49.4 Å². The standard InChI is InChI=1S/C19H15N3O4/c1-19(14-6-7-15-16(8-14)26-11-25-15)17(23)22(18(24)21-19)10-13-5-3-2-4-12(13)9-20/h2-8H,10-11H2,1H3,(H,21,24)/t19-/m0/s1. The molecule has 3 amide bonds. The first kappa shape index (κ1) is 16.0. The number of rotatable bonds is 3. The Morgan fingerprint density at radius 1 is 1.19 bits per heavy atom. The summed E-state index contributed by atoms with van der Waals surface area (Å²) in [6.07, 6.45) is 0. The second-order valence-corrected chi connectivity index (χ2v) is 6.28. The summed E-state index contributed by atoms with van der Waals surface area (Å²) >= 11 is 0. The molecule has 2 aromatic carbocycles. The molecule has 1 fully saturated rings. The molecule has 0 radical (unpaired) electrons. The Labute approximate surface area is 149 Å². The van der Waals surface area contributed by atoms with Crippen LogP contribution in [-0.4, -0.2) is 23.6 Å². The van der Waals surface area contributed by atoms with Crippen LogP contribution in [0.25, 0.3) is 0 Å². The molecule has 1 saturated heterocycles. The molecule has 0 spiro atoms. The van der Waals surface area contributed by atoms with Crippen LogP contribution in [0.15, 0.2) is 42.5 Å². The van der Waals surface area contributed by atoms with E-state index in [1.807, 2.05) is 0 Å². The van der Waals surface area contributed by atoms with Crippen molar-refractivity contribution in [1.29, 1.82) is 5.26 Å². The van der Waals surface area contributed by atoms with Gasteiger partial charge in [0.05, 0.1) is 18.2 Å². The van der Waals surface area contributed by atoms with Gasteiger partial charge in [0.1, 0.15) is 5.54 Å². The van der Waals surface area contributed by atoms with Gasteiger partial charge in [-0.15, -0.1) is 0 Å². The zero-order valence-corrected chi connectivity index (χ0v) is 14.0. The maximum absolute atomic E-state index is 13.0. The lowest BCUT2D eigenvalue weighted by Gasteiger charge is -2.22. The van der Waals surface area contributed by atoms with Crippen molar-refractivity contribution in [3.8, 4) is 17.6 Å². The summed E-state index contributed by atoms with van der Waals surface area (Å²) in [5, 5.41) is 12.0. The summed E-state index contributed by atoms with van der Waals surface area (Å²) in [6.45, 7) is 1.82. The summed E-state index contributed by atoms with van der Waals surface area (Å²) in [6, 6.07) is 13.6. The largest absolute Gasteiger partial charge is 0.454 e. The first-order valence-electron chi connectivity index (χ1n) is 8.05. The number of ether oxygens (including phenoxy) is 2. The van der Waals surface area contributed by atoms with Crippen LogP contribution >= 0.6 is 0 Å². The molecule has 0 unspecified atom stereocenters. The highest BCUT2D eigenvalue weighted by atomic mass is 16.7. The average molecular weight is 349 g/mol. The molecule has 7 nitrogen and oxygen atoms in total. The first-order valence-corrected chi connectivity index (χ1v) is 8.05. The number of nitrogens with one attached hydrogen (secondary N) is 1. The molecule has 26 heavy (non-hydrogen) atoms. The number of hydrogen-bond acceptors (Lipinski definition) is 5. The number of nitrogens with zero attached hydrogens (tertiary/aromatic N) is 2. The van der Waals surface area contributed by atoms with E-state index in [1.165, 1.54) is 0 Å². The predicted octanol–water partition coefficient (Wildman–Crippen LogP) is 2.25. The van der Waals surface area contributed by atoms with E-state index in [0.717, 1.165) is 4.90 Å². The number of carbonyl (C=O) groups excluding carboxylic acids is 2. The number of nitriles is 1. The first-order chi connectivity index (χ1) is 12.5. The zero-order chi connectivity index (χ0) is 18.3. The number of benzene rings is 2. The highest BCUT2D eigenvalue weighted by Gasteiger charge is 2.49. The minimum atomic E-state index is -1.21. The Hall–Kier alpha value is -3.53. The Morgan fingerprint density at radius 2 is 1.96 bits per heavy atom. The zero-order valence-electron chi connectivity index (χ0n) is 14.0. The number of fused-ring (bicyclic) bond motifs is 1. The lowest BCUT2D eigenvalue weighted by molar-refractivity contribution is -0.131. The molecular weight excluding hydrogens is 334 g/mol. The molecule has 0 aliphatic carbocycles. The molecule has 130 valence electrons. The molecule has 4 rings (SSSR count). The maximum atomic E-state index is 13.0. The van der Waals surface area contributed by atoms with Gasteiger partial charge in [0, 0.05) is 0 Å². The average Bonchev–Trinajstić information content (AvgIpc) is 3.20. The second-order valence-electron chi connectivity index (χ2n) is 6.28. The van der Waals surface area contributed by atoms with Gasteiger partial charge in [-0.3, -0.25) is 9.69 Å². The quantitative estimate of drug-likeness (QED) is 0.858. The third-order valence-corrected chi connectivity index (χ3v) is 4.69. The number of hydrogen-bond donors (Lipinski definition) is 1. The highest BCUT2D eigenvalue weighted by Crippen LogP contribution is 2.38. The van der Waals surface area contributed by atoms with Crippen LogP contribution in [0, 0.1) is 11.3 Å². The lowest BCUT2D eigenvalue weighted by Crippen LogP contribution is -2.40. The topological polar surface area (TPSA) is 91.7 Å². The van der Waals surface area contributed by atoms with Gasteiger partial charge in [-0.1, -0.05) is 24.3 Å². The highest BCUT2D eigenvalue weighted by molar-refractivity contribution is 6.07. The SMILES string of the molecule is C[C@@]1(c2ccc3c(c2)OCO3)NC(=O)N(Cc2ccccc2C#N)C1=O. The molecule has 2 aliphatic heterocycles. The van der Waals surface area contributed by atoms with Crippen LogP contribution in [0.2, 0.25) is 0 Å². The molecule has 0 bridgehead atoms. The molecule has 7 heteroatoms. The maximum Gasteiger partial charge on any atom is 0.325 e. The van der Waals surface area contributed by atoms with Crippen LogP contribution in [0.1, 0.15) is 23.6 Å². The smallest absolute Gasteiger partial charge is 0.325 e. The van der Waals surface area contributed by atoms with Gasteiger partial charge in [-0.05, 0) is 36.2 Å². The molecule has 1 atom stereocenters. The summed E-state index contributed by atoms with van der Waals surface area (Å²) < 4.78 is 10.6. The van der Waals surface area contributed by atoms with Crippen molar-refractivity contribution < 1.29 is 19.1 Å². The van der Waals surface area contributed by atoms with Crippen molar-refractivity contribution in [2.45, 2.75) is 19.0 Å². The van der Waals surface area contributed by atoms with Crippen LogP contribution in [0.3, 0.4) is 0 Å². The van der Waals surface area contributed by atoms with Crippen molar-refractivity contribution in [2.24, 2.45) is 0 Å². The van der Waals surface area contributed by atoms with Gasteiger partial charge in [-0.25, -0.2) is 4.79 Å². The van der Waals surface area contributed by atoms with Crippen molar-refractivity contribution in [3.05, 3.63) is 59.2 Å². The van der Waals surface area contributed by atoms with Gasteiger partial charge in [0.2, 0.25) is 6.79 Å². The van der Waals surface area contributed by atoms with E-state index in [0.29, 0.717) is 28.2 Å². The summed E-state index contributed by atoms with van der Waals surface area (Å²) in [4.78, 5) is 26.6. The minimum Gasteiger partial charge on any atom is -0.454 e. The molecule has 1 N–H and O–H groups in total. The number of amides is 3. The number of urea groups is 1. The molecule has 2 heterocycles. The third-order valence-electron chi connectivity index (χ3n) is 4.69. The van der Waals surface area contributed by atoms with E-state index >= 15 is 0 Å². The van der Waals surface area contributed by atoms with E-state index in [-0.39, 0.29) is 19.2 Å². The van der Waals surface area contributed by atoms with E-state index in [4.69, 9.17) is 9.47 Å². The van der Waals surface area contributed by atoms with Crippen LogP contribution < -0.4 is 14.8 Å². The summed E-state index contributed by atoms with van der Waals surface area (Å²) in [5.74, 6) is 0.766. The number of carbonyl (C=O) groups is 2. The monoisotopic (exact) mass is 349 g/mol. The predicted molar refractivity (Wildman–Crippen MR) is 90.2 cm³/mol. The van der Waals surface area contributed by atoms with E-state index in [9.17, 15) is 14.9 Å². The molecule has 0 aromatic heterocycles. The van der Waals surface area contributed by atoms with Crippen molar-refractivity contribution in [2.75, 3.05) is 6.79 Å². The fourth-order valence-corrected chi connectivity index (χ4v) is 3.18. The Kier molecular flexibility index (Phi) is 3.55. The van der Waals surface area contributed by atoms with Crippen LogP contribution in [0.4, 0.5) is 4.79 Å². The van der Waals surface area contributed by atoms with Crippen LogP contribution in [-0.2, 0) is 16.9 Å². The molecular formula is C19H15N3O4. The van der Waals surface area contributed by atoms with Gasteiger partial charge in [-0.2, -0.15) is 5.26 Å². The molecule has 2 aliphatic rings. The van der Waals surface area contributed by atoms with Crippen molar-refractivity contribution in [3.63, 3.8) is 0 Å². The van der Waals surface area contributed by atoms with Gasteiger partial charge in [0.25, 0.3) is 5.91 Å².